The van der Waals surface area contributed by atoms with Gasteiger partial charge in [0, 0.05) is 34.0 Å². The molecule has 0 aromatic carbocycles. The third-order valence-electron chi connectivity index (χ3n) is 3.50. The highest BCUT2D eigenvalue weighted by molar-refractivity contribution is 14.2. The molecule has 2 rings (SSSR count). The topological polar surface area (TPSA) is 27.7 Å². The second kappa shape index (κ2) is 6.02. The van der Waals surface area contributed by atoms with Gasteiger partial charge in [-0.05, 0) is 18.8 Å². The minimum atomic E-state index is -4.31. The second-order valence-electron chi connectivity index (χ2n) is 4.57. The Morgan fingerprint density at radius 3 is 2.22 bits per heavy atom. The van der Waals surface area contributed by atoms with Crippen LogP contribution in [-0.2, 0) is 13.7 Å². The number of halogens is 4. The first-order chi connectivity index (χ1) is 8.47. The summed E-state index contributed by atoms with van der Waals surface area (Å²) in [6.07, 6.45) is -4.15. The van der Waals surface area contributed by atoms with Crippen molar-refractivity contribution >= 4 is 30.4 Å². The molecule has 0 N–H and O–H groups in total. The summed E-state index contributed by atoms with van der Waals surface area (Å²) >= 11 is 1.72. The van der Waals surface area contributed by atoms with Crippen LogP contribution < -0.4 is 0 Å². The van der Waals surface area contributed by atoms with E-state index in [1.165, 1.54) is 0 Å². The first-order valence-corrected chi connectivity index (χ1v) is 9.04. The van der Waals surface area contributed by atoms with Gasteiger partial charge in [0.05, 0.1) is 22.4 Å². The number of rotatable bonds is 3. The van der Waals surface area contributed by atoms with E-state index in [0.717, 1.165) is 9.21 Å². The summed E-state index contributed by atoms with van der Waals surface area (Å²) in [5.74, 6) is -1.13. The van der Waals surface area contributed by atoms with Crippen LogP contribution >= 0.6 is 30.4 Å². The van der Waals surface area contributed by atoms with E-state index in [0.29, 0.717) is 38.9 Å². The molecule has 2 aliphatic rings. The Balaban J connectivity index is 1.94. The molecule has 0 aromatic heterocycles. The van der Waals surface area contributed by atoms with Crippen LogP contribution in [0, 0.1) is 5.92 Å². The van der Waals surface area contributed by atoms with E-state index in [1.54, 1.807) is 21.2 Å². The third-order valence-corrected chi connectivity index (χ3v) is 4.40. The molecule has 1 spiro atoms. The summed E-state index contributed by atoms with van der Waals surface area (Å²) in [6, 6.07) is 0. The maximum Gasteiger partial charge on any atom is 0.416 e. The Hall–Kier alpha value is 0.750. The van der Waals surface area contributed by atoms with Crippen molar-refractivity contribution in [1.82, 2.24) is 0 Å². The van der Waals surface area contributed by atoms with Crippen LogP contribution in [0.4, 0.5) is 13.2 Å². The smallest absolute Gasteiger partial charge is 0.348 e. The van der Waals surface area contributed by atoms with Crippen molar-refractivity contribution in [2.75, 3.05) is 13.2 Å². The molecule has 1 aliphatic heterocycles. The van der Waals surface area contributed by atoms with Crippen molar-refractivity contribution < 1.29 is 26.8 Å². The van der Waals surface area contributed by atoms with Gasteiger partial charge in [-0.15, -0.1) is 0 Å². The van der Waals surface area contributed by atoms with Crippen molar-refractivity contribution in [2.45, 2.75) is 43.8 Å². The summed E-state index contributed by atoms with van der Waals surface area (Å²) in [7, 11) is 0.742. The molecule has 106 valence electrons. The highest BCUT2D eigenvalue weighted by atomic mass is 127. The lowest BCUT2D eigenvalue weighted by Crippen LogP contribution is -2.43. The fourth-order valence-corrected chi connectivity index (χ4v) is 3.62. The average molecular weight is 398 g/mol. The standard InChI is InChI=1S/C10H14F3IO3S/c11-10(12,13)8(17-18-14)7-1-3-9(4-2-7)15-5-6-16-9/h7-8H,1-6H2. The van der Waals surface area contributed by atoms with Gasteiger partial charge in [-0.1, -0.05) is 0 Å². The van der Waals surface area contributed by atoms with Gasteiger partial charge >= 0.3 is 6.18 Å². The molecule has 1 atom stereocenters. The zero-order valence-electron chi connectivity index (χ0n) is 9.54. The van der Waals surface area contributed by atoms with Gasteiger partial charge in [0.2, 0.25) is 0 Å². The molecule has 1 heterocycles. The highest BCUT2D eigenvalue weighted by Gasteiger charge is 2.50. The van der Waals surface area contributed by atoms with Gasteiger partial charge in [0.1, 0.15) is 0 Å². The lowest BCUT2D eigenvalue weighted by molar-refractivity contribution is -0.227. The summed E-state index contributed by atoms with van der Waals surface area (Å²) < 4.78 is 54.4. The van der Waals surface area contributed by atoms with Crippen LogP contribution in [0.15, 0.2) is 0 Å². The Labute approximate surface area is 120 Å². The van der Waals surface area contributed by atoms with E-state index < -0.39 is 24.0 Å². The molecule has 8 heteroatoms. The molecule has 18 heavy (non-hydrogen) atoms. The molecular weight excluding hydrogens is 384 g/mol. The van der Waals surface area contributed by atoms with Crippen molar-refractivity contribution in [2.24, 2.45) is 5.92 Å². The number of hydrogen-bond donors (Lipinski definition) is 0. The van der Waals surface area contributed by atoms with Crippen molar-refractivity contribution in [1.29, 1.82) is 0 Å². The largest absolute Gasteiger partial charge is 0.416 e. The average Bonchev–Trinajstić information content (AvgIpc) is 2.75. The molecule has 0 bridgehead atoms. The molecule has 0 amide bonds. The number of hydrogen-bond acceptors (Lipinski definition) is 4. The lowest BCUT2D eigenvalue weighted by Gasteiger charge is -2.38. The number of ether oxygens (including phenoxy) is 2. The third kappa shape index (κ3) is 3.44. The maximum absolute atomic E-state index is 12.9. The predicted molar refractivity (Wildman–Crippen MR) is 69.1 cm³/mol. The van der Waals surface area contributed by atoms with Crippen LogP contribution in [-0.4, -0.2) is 31.3 Å². The monoisotopic (exact) mass is 398 g/mol. The van der Waals surface area contributed by atoms with E-state index in [2.05, 4.69) is 0 Å². The Morgan fingerprint density at radius 2 is 1.78 bits per heavy atom. The fourth-order valence-electron chi connectivity index (χ4n) is 2.61. The molecule has 1 aliphatic carbocycles. The van der Waals surface area contributed by atoms with Crippen LogP contribution in [0.3, 0.4) is 0 Å². The van der Waals surface area contributed by atoms with E-state index in [4.69, 9.17) is 13.7 Å². The van der Waals surface area contributed by atoms with E-state index in [9.17, 15) is 13.2 Å². The zero-order valence-corrected chi connectivity index (χ0v) is 12.5. The minimum Gasteiger partial charge on any atom is -0.348 e. The minimum absolute atomic E-state index is 0.418. The SMILES string of the molecule is FC(F)(F)C(OSI)C1CCC2(CC1)OCCO2. The Bertz CT molecular complexity index is 274. The van der Waals surface area contributed by atoms with Crippen molar-refractivity contribution in [3.05, 3.63) is 0 Å². The van der Waals surface area contributed by atoms with E-state index >= 15 is 0 Å². The predicted octanol–water partition coefficient (Wildman–Crippen LogP) is 3.87. The number of alkyl halides is 3. The molecule has 1 unspecified atom stereocenters. The maximum atomic E-state index is 12.9. The fraction of sp³-hybridized carbons (Fsp3) is 1.00. The van der Waals surface area contributed by atoms with Gasteiger partial charge in [0.15, 0.2) is 11.9 Å². The van der Waals surface area contributed by atoms with Crippen LogP contribution in [0.2, 0.25) is 0 Å². The summed E-state index contributed by atoms with van der Waals surface area (Å²) in [6.45, 7) is 1.07. The quantitative estimate of drug-likeness (QED) is 0.533. The molecule has 0 aromatic rings. The first-order valence-electron chi connectivity index (χ1n) is 5.75. The Morgan fingerprint density at radius 1 is 1.22 bits per heavy atom. The van der Waals surface area contributed by atoms with Gasteiger partial charge in [-0.2, -0.15) is 13.2 Å². The molecule has 2 fully saturated rings. The normalized spacial score (nSPS) is 26.7. The molecule has 3 nitrogen and oxygen atoms in total. The van der Waals surface area contributed by atoms with Crippen LogP contribution in [0.5, 0.6) is 0 Å². The molecule has 1 saturated heterocycles. The zero-order chi connectivity index (χ0) is 13.2. The van der Waals surface area contributed by atoms with E-state index in [-0.39, 0.29) is 0 Å². The van der Waals surface area contributed by atoms with Gasteiger partial charge < -0.3 is 9.47 Å². The van der Waals surface area contributed by atoms with Gasteiger partial charge in [0.25, 0.3) is 0 Å². The van der Waals surface area contributed by atoms with Crippen LogP contribution in [0.1, 0.15) is 25.7 Å². The van der Waals surface area contributed by atoms with Gasteiger partial charge in [-0.3, -0.25) is 4.18 Å². The molecule has 0 radical (unpaired) electrons. The summed E-state index contributed by atoms with van der Waals surface area (Å²) in [5.41, 5.74) is 0. The first kappa shape index (κ1) is 15.1. The van der Waals surface area contributed by atoms with Crippen LogP contribution in [0.25, 0.3) is 0 Å². The highest BCUT2D eigenvalue weighted by Crippen LogP contribution is 2.44. The Kier molecular flexibility index (Phi) is 5.07. The summed E-state index contributed by atoms with van der Waals surface area (Å²) in [4.78, 5) is 0. The molecule has 1 saturated carbocycles. The summed E-state index contributed by atoms with van der Waals surface area (Å²) in [5, 5.41) is 0. The van der Waals surface area contributed by atoms with Crippen molar-refractivity contribution in [3.8, 4) is 0 Å². The van der Waals surface area contributed by atoms with Crippen molar-refractivity contribution in [3.63, 3.8) is 0 Å². The second-order valence-corrected chi connectivity index (χ2v) is 5.96. The molecular formula is C10H14F3IO3S. The van der Waals surface area contributed by atoms with Gasteiger partial charge in [-0.25, -0.2) is 0 Å². The lowest BCUT2D eigenvalue weighted by atomic mass is 9.81. The van der Waals surface area contributed by atoms with E-state index in [1.807, 2.05) is 0 Å².